The van der Waals surface area contributed by atoms with E-state index in [0.29, 0.717) is 18.4 Å². The monoisotopic (exact) mass is 350 g/mol. The van der Waals surface area contributed by atoms with E-state index in [0.717, 1.165) is 5.56 Å². The van der Waals surface area contributed by atoms with Crippen LogP contribution in [0.4, 0.5) is 0 Å². The number of aromatic carboxylic acids is 1. The highest BCUT2D eigenvalue weighted by Gasteiger charge is 2.46. The van der Waals surface area contributed by atoms with Crippen LogP contribution in [0.2, 0.25) is 0 Å². The fourth-order valence-corrected chi connectivity index (χ4v) is 2.72. The molecule has 1 aromatic carbocycles. The second kappa shape index (κ2) is 7.68. The molecule has 6 nitrogen and oxygen atoms in total. The highest BCUT2D eigenvalue weighted by molar-refractivity contribution is 5.98. The highest BCUT2D eigenvalue weighted by atomic mass is 16.4. The van der Waals surface area contributed by atoms with Gasteiger partial charge in [0.15, 0.2) is 5.41 Å². The zero-order valence-electron chi connectivity index (χ0n) is 15.1. The van der Waals surface area contributed by atoms with Gasteiger partial charge < -0.3 is 15.3 Å². The third-order valence-corrected chi connectivity index (χ3v) is 4.39. The lowest BCUT2D eigenvalue weighted by Crippen LogP contribution is -2.41. The van der Waals surface area contributed by atoms with Gasteiger partial charge in [-0.3, -0.25) is 9.59 Å². The third kappa shape index (κ3) is 4.81. The van der Waals surface area contributed by atoms with Crippen LogP contribution in [0.15, 0.2) is 18.2 Å². The molecule has 0 bridgehead atoms. The molecule has 138 valence electrons. The summed E-state index contributed by atoms with van der Waals surface area (Å²) in [5, 5.41) is 28.5. The number of hydrogen-bond acceptors (Lipinski definition) is 3. The molecule has 0 amide bonds. The van der Waals surface area contributed by atoms with Crippen LogP contribution >= 0.6 is 0 Å². The predicted octanol–water partition coefficient (Wildman–Crippen LogP) is 3.57. The molecule has 3 N–H and O–H groups in total. The summed E-state index contributed by atoms with van der Waals surface area (Å²) < 4.78 is 0. The second-order valence-corrected chi connectivity index (χ2v) is 7.45. The lowest BCUT2D eigenvalue weighted by molar-refractivity contribution is -0.165. The lowest BCUT2D eigenvalue weighted by atomic mass is 9.76. The summed E-state index contributed by atoms with van der Waals surface area (Å²) in [6.07, 6.45) is 0.881. The molecule has 0 saturated heterocycles. The first-order valence-electron chi connectivity index (χ1n) is 8.28. The molecular formula is C19H26O6. The molecule has 0 aromatic heterocycles. The number of hydrogen-bond donors (Lipinski definition) is 3. The molecule has 25 heavy (non-hydrogen) atoms. The SMILES string of the molecule is CCCCC(Cc1cc(C(=O)O)cc(C(C)(C)C)c1)(C(=O)O)C(=O)O. The Balaban J connectivity index is 3.46. The molecular weight excluding hydrogens is 324 g/mol. The van der Waals surface area contributed by atoms with Gasteiger partial charge in [0.2, 0.25) is 0 Å². The number of unbranched alkanes of at least 4 members (excludes halogenated alkanes) is 1. The van der Waals surface area contributed by atoms with Gasteiger partial charge in [-0.1, -0.05) is 46.6 Å². The van der Waals surface area contributed by atoms with Crippen molar-refractivity contribution in [1.29, 1.82) is 0 Å². The number of carboxylic acids is 3. The predicted molar refractivity (Wildman–Crippen MR) is 93.0 cm³/mol. The van der Waals surface area contributed by atoms with Crippen LogP contribution in [-0.2, 0) is 21.4 Å². The van der Waals surface area contributed by atoms with Crippen LogP contribution in [0.25, 0.3) is 0 Å². The molecule has 0 fully saturated rings. The minimum atomic E-state index is -1.96. The van der Waals surface area contributed by atoms with Gasteiger partial charge in [-0.25, -0.2) is 4.79 Å². The first-order chi connectivity index (χ1) is 11.4. The van der Waals surface area contributed by atoms with Crippen molar-refractivity contribution in [3.05, 3.63) is 34.9 Å². The standard InChI is InChI=1S/C19H26O6/c1-5-6-7-19(16(22)23,17(24)25)11-12-8-13(15(20)21)10-14(9-12)18(2,3)4/h8-10H,5-7,11H2,1-4H3,(H,20,21)(H,22,23)(H,24,25). The van der Waals surface area contributed by atoms with Gasteiger partial charge in [-0.15, -0.1) is 0 Å². The highest BCUT2D eigenvalue weighted by Crippen LogP contribution is 2.33. The van der Waals surface area contributed by atoms with Crippen molar-refractivity contribution in [2.75, 3.05) is 0 Å². The normalized spacial score (nSPS) is 12.0. The Hall–Kier alpha value is -2.37. The minimum absolute atomic E-state index is 0.00365. The van der Waals surface area contributed by atoms with Crippen LogP contribution in [-0.4, -0.2) is 33.2 Å². The zero-order chi connectivity index (χ0) is 19.4. The maximum Gasteiger partial charge on any atom is 0.335 e. The minimum Gasteiger partial charge on any atom is -0.480 e. The van der Waals surface area contributed by atoms with Crippen molar-refractivity contribution < 1.29 is 29.7 Å². The average molecular weight is 350 g/mol. The van der Waals surface area contributed by atoms with Gasteiger partial charge in [0.05, 0.1) is 5.56 Å². The van der Waals surface area contributed by atoms with E-state index in [1.165, 1.54) is 6.07 Å². The Morgan fingerprint density at radius 2 is 1.52 bits per heavy atom. The molecule has 0 spiro atoms. The first-order valence-corrected chi connectivity index (χ1v) is 8.28. The summed E-state index contributed by atoms with van der Waals surface area (Å²) in [5.41, 5.74) is -1.14. The number of carboxylic acid groups (broad SMARTS) is 3. The number of rotatable bonds is 8. The van der Waals surface area contributed by atoms with Crippen molar-refractivity contribution in [3.63, 3.8) is 0 Å². The van der Waals surface area contributed by atoms with E-state index in [-0.39, 0.29) is 23.8 Å². The Labute approximate surface area is 147 Å². The van der Waals surface area contributed by atoms with E-state index in [4.69, 9.17) is 0 Å². The Morgan fingerprint density at radius 1 is 0.960 bits per heavy atom. The number of carbonyl (C=O) groups is 3. The Bertz CT molecular complexity index is 655. The van der Waals surface area contributed by atoms with Crippen molar-refractivity contribution in [3.8, 4) is 0 Å². The van der Waals surface area contributed by atoms with Gasteiger partial charge in [-0.2, -0.15) is 0 Å². The quantitative estimate of drug-likeness (QED) is 0.618. The molecule has 6 heteroatoms. The second-order valence-electron chi connectivity index (χ2n) is 7.45. The fraction of sp³-hybridized carbons (Fsp3) is 0.526. The van der Waals surface area contributed by atoms with Crippen molar-refractivity contribution in [2.45, 2.75) is 58.8 Å². The molecule has 0 aliphatic rings. The van der Waals surface area contributed by atoms with Crippen LogP contribution < -0.4 is 0 Å². The molecule has 1 rings (SSSR count). The van der Waals surface area contributed by atoms with E-state index in [1.54, 1.807) is 12.1 Å². The van der Waals surface area contributed by atoms with Crippen molar-refractivity contribution in [1.82, 2.24) is 0 Å². The van der Waals surface area contributed by atoms with Crippen LogP contribution in [0.5, 0.6) is 0 Å². The number of benzene rings is 1. The molecule has 0 unspecified atom stereocenters. The van der Waals surface area contributed by atoms with E-state index < -0.39 is 23.3 Å². The maximum absolute atomic E-state index is 11.8. The first kappa shape index (κ1) is 20.7. The maximum atomic E-state index is 11.8. The summed E-state index contributed by atoms with van der Waals surface area (Å²) in [7, 11) is 0. The van der Waals surface area contributed by atoms with E-state index in [1.807, 2.05) is 27.7 Å². The largest absolute Gasteiger partial charge is 0.480 e. The molecule has 0 aliphatic heterocycles. The van der Waals surface area contributed by atoms with E-state index >= 15 is 0 Å². The van der Waals surface area contributed by atoms with Crippen molar-refractivity contribution in [2.24, 2.45) is 5.41 Å². The summed E-state index contributed by atoms with van der Waals surface area (Å²) in [6.45, 7) is 7.60. The summed E-state index contributed by atoms with van der Waals surface area (Å²) >= 11 is 0. The smallest absolute Gasteiger partial charge is 0.335 e. The van der Waals surface area contributed by atoms with Gasteiger partial charge in [0.1, 0.15) is 0 Å². The van der Waals surface area contributed by atoms with Gasteiger partial charge >= 0.3 is 17.9 Å². The molecule has 1 aromatic rings. The lowest BCUT2D eigenvalue weighted by Gasteiger charge is -2.26. The number of aliphatic carboxylic acids is 2. The summed E-state index contributed by atoms with van der Waals surface area (Å²) in [4.78, 5) is 35.0. The molecule has 0 heterocycles. The van der Waals surface area contributed by atoms with E-state index in [2.05, 4.69) is 0 Å². The van der Waals surface area contributed by atoms with Crippen molar-refractivity contribution >= 4 is 17.9 Å². The van der Waals surface area contributed by atoms with Gasteiger partial charge in [-0.05, 0) is 41.5 Å². The zero-order valence-corrected chi connectivity index (χ0v) is 15.1. The van der Waals surface area contributed by atoms with Crippen LogP contribution in [0.1, 0.15) is 68.4 Å². The molecule has 0 radical (unpaired) electrons. The topological polar surface area (TPSA) is 112 Å². The van der Waals surface area contributed by atoms with E-state index in [9.17, 15) is 29.7 Å². The third-order valence-electron chi connectivity index (χ3n) is 4.39. The van der Waals surface area contributed by atoms with Gasteiger partial charge in [0, 0.05) is 0 Å². The van der Waals surface area contributed by atoms with Crippen LogP contribution in [0.3, 0.4) is 0 Å². The Kier molecular flexibility index (Phi) is 6.35. The molecule has 0 atom stereocenters. The van der Waals surface area contributed by atoms with Gasteiger partial charge in [0.25, 0.3) is 0 Å². The fourth-order valence-electron chi connectivity index (χ4n) is 2.72. The Morgan fingerprint density at radius 3 is 1.92 bits per heavy atom. The average Bonchev–Trinajstić information content (AvgIpc) is 2.49. The molecule has 0 aliphatic carbocycles. The summed E-state index contributed by atoms with van der Waals surface area (Å²) in [5.74, 6) is -3.92. The summed E-state index contributed by atoms with van der Waals surface area (Å²) in [6, 6.07) is 4.62. The van der Waals surface area contributed by atoms with Crippen LogP contribution in [0, 0.1) is 5.41 Å². The molecule has 0 saturated carbocycles.